The van der Waals surface area contributed by atoms with Crippen LogP contribution in [0.2, 0.25) is 0 Å². The van der Waals surface area contributed by atoms with Crippen LogP contribution in [0.3, 0.4) is 0 Å². The molecule has 0 N–H and O–H groups in total. The number of hydrogen-bond donors (Lipinski definition) is 0. The molecule has 0 atom stereocenters. The van der Waals surface area contributed by atoms with Crippen LogP contribution < -0.4 is 0 Å². The molecule has 1 aromatic carbocycles. The first-order valence-electron chi connectivity index (χ1n) is 5.85. The molecule has 0 saturated carbocycles. The highest BCUT2D eigenvalue weighted by Crippen LogP contribution is 2.30. The molecule has 0 bridgehead atoms. The van der Waals surface area contributed by atoms with E-state index >= 15 is 0 Å². The third-order valence-electron chi connectivity index (χ3n) is 2.98. The zero-order chi connectivity index (χ0) is 13.4. The van der Waals surface area contributed by atoms with Crippen LogP contribution in [0.1, 0.15) is 5.56 Å². The minimum Gasteiger partial charge on any atom is -0.358 e. The summed E-state index contributed by atoms with van der Waals surface area (Å²) < 4.78 is 1.51. The van der Waals surface area contributed by atoms with Crippen molar-refractivity contribution in [3.8, 4) is 11.3 Å². The van der Waals surface area contributed by atoms with Crippen LogP contribution in [0, 0.1) is 17.0 Å². The van der Waals surface area contributed by atoms with E-state index in [0.717, 1.165) is 11.1 Å². The van der Waals surface area contributed by atoms with Gasteiger partial charge in [-0.1, -0.05) is 30.3 Å². The van der Waals surface area contributed by atoms with E-state index in [2.05, 4.69) is 4.98 Å². The molecule has 5 nitrogen and oxygen atoms in total. The first-order valence-corrected chi connectivity index (χ1v) is 5.85. The number of benzene rings is 1. The molecule has 0 aliphatic rings. The summed E-state index contributed by atoms with van der Waals surface area (Å²) in [6, 6.07) is 12.9. The molecule has 0 fully saturated rings. The normalized spacial score (nSPS) is 10.8. The standard InChI is InChI=1S/C14H11N3O2/c1-10-7-8-16-12(9-10)15-13(14(16)17(18)19)11-5-3-2-4-6-11/h2-9H,1H3. The Kier molecular flexibility index (Phi) is 2.52. The monoisotopic (exact) mass is 253 g/mol. The van der Waals surface area contributed by atoms with Crippen molar-refractivity contribution < 1.29 is 4.92 Å². The largest absolute Gasteiger partial charge is 0.358 e. The Morgan fingerprint density at radius 2 is 1.95 bits per heavy atom. The average Bonchev–Trinajstić information content (AvgIpc) is 2.78. The van der Waals surface area contributed by atoms with Gasteiger partial charge in [-0.25, -0.2) is 0 Å². The summed E-state index contributed by atoms with van der Waals surface area (Å²) in [7, 11) is 0. The number of nitrogens with zero attached hydrogens (tertiary/aromatic N) is 3. The molecule has 0 unspecified atom stereocenters. The average molecular weight is 253 g/mol. The second-order valence-corrected chi connectivity index (χ2v) is 4.34. The minimum absolute atomic E-state index is 0.00111. The number of aromatic nitrogens is 2. The zero-order valence-corrected chi connectivity index (χ0v) is 10.3. The molecule has 3 aromatic rings. The van der Waals surface area contributed by atoms with Crippen LogP contribution in [-0.4, -0.2) is 14.3 Å². The van der Waals surface area contributed by atoms with Crippen molar-refractivity contribution in [3.05, 3.63) is 64.3 Å². The number of aryl methyl sites for hydroxylation is 1. The Bertz CT molecular complexity index is 763. The summed E-state index contributed by atoms with van der Waals surface area (Å²) in [6.45, 7) is 1.93. The van der Waals surface area contributed by atoms with Gasteiger partial charge in [0.25, 0.3) is 0 Å². The SMILES string of the molecule is Cc1ccn2c([N+](=O)[O-])c(-c3ccccc3)nc2c1. The van der Waals surface area contributed by atoms with E-state index < -0.39 is 4.92 Å². The molecule has 0 spiro atoms. The molecular weight excluding hydrogens is 242 g/mol. The summed E-state index contributed by atoms with van der Waals surface area (Å²) in [5.41, 5.74) is 2.75. The summed E-state index contributed by atoms with van der Waals surface area (Å²) in [5, 5.41) is 11.3. The molecule has 0 saturated heterocycles. The predicted octanol–water partition coefficient (Wildman–Crippen LogP) is 3.22. The van der Waals surface area contributed by atoms with Gasteiger partial charge in [0.15, 0.2) is 5.69 Å². The number of imidazole rings is 1. The third-order valence-corrected chi connectivity index (χ3v) is 2.98. The summed E-state index contributed by atoms with van der Waals surface area (Å²) in [4.78, 5) is 15.3. The lowest BCUT2D eigenvalue weighted by atomic mass is 10.1. The van der Waals surface area contributed by atoms with E-state index in [0.29, 0.717) is 11.3 Å². The van der Waals surface area contributed by atoms with Crippen LogP contribution in [0.15, 0.2) is 48.7 Å². The Morgan fingerprint density at radius 1 is 1.21 bits per heavy atom. The van der Waals surface area contributed by atoms with Crippen molar-refractivity contribution in [1.82, 2.24) is 9.38 Å². The highest BCUT2D eigenvalue weighted by Gasteiger charge is 2.23. The second-order valence-electron chi connectivity index (χ2n) is 4.34. The zero-order valence-electron chi connectivity index (χ0n) is 10.3. The van der Waals surface area contributed by atoms with Gasteiger partial charge in [0, 0.05) is 11.6 Å². The Morgan fingerprint density at radius 3 is 2.63 bits per heavy atom. The van der Waals surface area contributed by atoms with Gasteiger partial charge in [0.2, 0.25) is 5.65 Å². The second kappa shape index (κ2) is 4.20. The fourth-order valence-electron chi connectivity index (χ4n) is 2.10. The van der Waals surface area contributed by atoms with Crippen molar-refractivity contribution in [2.45, 2.75) is 6.92 Å². The molecule has 19 heavy (non-hydrogen) atoms. The number of hydrogen-bond acceptors (Lipinski definition) is 3. The lowest BCUT2D eigenvalue weighted by Crippen LogP contribution is -1.95. The molecule has 5 heteroatoms. The Balaban J connectivity index is 2.35. The van der Waals surface area contributed by atoms with E-state index in [1.807, 2.05) is 49.4 Å². The van der Waals surface area contributed by atoms with E-state index in [-0.39, 0.29) is 5.82 Å². The van der Waals surface area contributed by atoms with Gasteiger partial charge in [-0.05, 0) is 23.5 Å². The van der Waals surface area contributed by atoms with Crippen LogP contribution in [0.5, 0.6) is 0 Å². The number of pyridine rings is 1. The topological polar surface area (TPSA) is 60.4 Å². The van der Waals surface area contributed by atoms with Gasteiger partial charge in [0.1, 0.15) is 0 Å². The van der Waals surface area contributed by atoms with Crippen LogP contribution in [0.25, 0.3) is 16.9 Å². The number of fused-ring (bicyclic) bond motifs is 1. The highest BCUT2D eigenvalue weighted by molar-refractivity contribution is 5.72. The Labute approximate surface area is 109 Å². The molecule has 0 aliphatic heterocycles. The summed E-state index contributed by atoms with van der Waals surface area (Å²) in [6.07, 6.45) is 1.68. The fourth-order valence-corrected chi connectivity index (χ4v) is 2.10. The van der Waals surface area contributed by atoms with Gasteiger partial charge in [-0.15, -0.1) is 0 Å². The van der Waals surface area contributed by atoms with Crippen LogP contribution in [-0.2, 0) is 0 Å². The molecule has 94 valence electrons. The number of nitro groups is 1. The maximum absolute atomic E-state index is 11.3. The maximum atomic E-state index is 11.3. The van der Waals surface area contributed by atoms with Crippen molar-refractivity contribution in [1.29, 1.82) is 0 Å². The van der Waals surface area contributed by atoms with Gasteiger partial charge < -0.3 is 10.1 Å². The predicted molar refractivity (Wildman–Crippen MR) is 72.0 cm³/mol. The first kappa shape index (κ1) is 11.4. The quantitative estimate of drug-likeness (QED) is 0.520. The van der Waals surface area contributed by atoms with Crippen molar-refractivity contribution >= 4 is 11.5 Å². The van der Waals surface area contributed by atoms with E-state index in [4.69, 9.17) is 0 Å². The first-order chi connectivity index (χ1) is 9.16. The van der Waals surface area contributed by atoms with Crippen molar-refractivity contribution in [2.75, 3.05) is 0 Å². The fraction of sp³-hybridized carbons (Fsp3) is 0.0714. The van der Waals surface area contributed by atoms with Crippen molar-refractivity contribution in [3.63, 3.8) is 0 Å². The third kappa shape index (κ3) is 1.85. The van der Waals surface area contributed by atoms with Gasteiger partial charge in [-0.2, -0.15) is 9.38 Å². The molecule has 0 radical (unpaired) electrons. The minimum atomic E-state index is -0.391. The smallest absolute Gasteiger partial charge is 0.355 e. The van der Waals surface area contributed by atoms with Gasteiger partial charge in [0.05, 0.1) is 6.20 Å². The van der Waals surface area contributed by atoms with Gasteiger partial charge >= 0.3 is 5.82 Å². The summed E-state index contributed by atoms with van der Waals surface area (Å²) in [5.74, 6) is 0.00111. The van der Waals surface area contributed by atoms with E-state index in [9.17, 15) is 10.1 Å². The lowest BCUT2D eigenvalue weighted by Gasteiger charge is -1.98. The van der Waals surface area contributed by atoms with E-state index in [1.165, 1.54) is 4.40 Å². The molecular formula is C14H11N3O2. The lowest BCUT2D eigenvalue weighted by molar-refractivity contribution is -0.389. The van der Waals surface area contributed by atoms with Crippen molar-refractivity contribution in [2.24, 2.45) is 0 Å². The number of rotatable bonds is 2. The molecule has 0 aliphatic carbocycles. The Hall–Kier alpha value is -2.69. The molecule has 3 rings (SSSR count). The van der Waals surface area contributed by atoms with Gasteiger partial charge in [-0.3, -0.25) is 0 Å². The maximum Gasteiger partial charge on any atom is 0.355 e. The molecule has 2 heterocycles. The summed E-state index contributed by atoms with van der Waals surface area (Å²) >= 11 is 0. The van der Waals surface area contributed by atoms with E-state index in [1.54, 1.807) is 6.20 Å². The van der Waals surface area contributed by atoms with Crippen LogP contribution >= 0.6 is 0 Å². The molecule has 2 aromatic heterocycles. The van der Waals surface area contributed by atoms with Crippen LogP contribution in [0.4, 0.5) is 5.82 Å². The highest BCUT2D eigenvalue weighted by atomic mass is 16.6. The molecule has 0 amide bonds.